The van der Waals surface area contributed by atoms with Gasteiger partial charge in [-0.05, 0) is 37.0 Å². The lowest BCUT2D eigenvalue weighted by atomic mass is 10.0. The van der Waals surface area contributed by atoms with E-state index in [1.807, 2.05) is 6.07 Å². The fourth-order valence-electron chi connectivity index (χ4n) is 1.62. The fraction of sp³-hybridized carbons (Fsp3) is 0.571. The van der Waals surface area contributed by atoms with Crippen LogP contribution in [0, 0.1) is 12.8 Å². The Hall–Kier alpha value is -0.530. The third kappa shape index (κ3) is 3.80. The molecule has 0 bridgehead atoms. The van der Waals surface area contributed by atoms with Gasteiger partial charge in [0.2, 0.25) is 0 Å². The lowest BCUT2D eigenvalue weighted by molar-refractivity contribution is 0.389. The van der Waals surface area contributed by atoms with Crippen LogP contribution in [-0.4, -0.2) is 6.04 Å². The first kappa shape index (κ1) is 13.5. The number of nitrogens with one attached hydrogen (secondary N) is 1. The molecule has 2 heteroatoms. The molecule has 0 heterocycles. The molecule has 16 heavy (non-hydrogen) atoms. The maximum Gasteiger partial charge on any atom is 0.0453 e. The van der Waals surface area contributed by atoms with Gasteiger partial charge in [0.15, 0.2) is 0 Å². The van der Waals surface area contributed by atoms with Gasteiger partial charge < -0.3 is 5.32 Å². The summed E-state index contributed by atoms with van der Waals surface area (Å²) in [6.07, 6.45) is 1.20. The highest BCUT2D eigenvalue weighted by Gasteiger charge is 2.09. The Morgan fingerprint density at radius 3 is 2.56 bits per heavy atom. The largest absolute Gasteiger partial charge is 0.310 e. The quantitative estimate of drug-likeness (QED) is 0.813. The summed E-state index contributed by atoms with van der Waals surface area (Å²) in [7, 11) is 0. The van der Waals surface area contributed by atoms with Crippen LogP contribution in [0.15, 0.2) is 18.2 Å². The highest BCUT2D eigenvalue weighted by Crippen LogP contribution is 2.18. The van der Waals surface area contributed by atoms with Crippen LogP contribution < -0.4 is 5.32 Å². The normalized spacial score (nSPS) is 14.8. The predicted molar refractivity (Wildman–Crippen MR) is 71.9 cm³/mol. The molecular weight excluding hydrogens is 218 g/mol. The van der Waals surface area contributed by atoms with E-state index in [4.69, 9.17) is 11.6 Å². The molecule has 0 spiro atoms. The average Bonchev–Trinajstić information content (AvgIpc) is 2.26. The van der Waals surface area contributed by atoms with E-state index in [0.717, 1.165) is 11.6 Å². The number of hydrogen-bond donors (Lipinski definition) is 1. The van der Waals surface area contributed by atoms with Crippen LogP contribution in [0.1, 0.15) is 38.3 Å². The summed E-state index contributed by atoms with van der Waals surface area (Å²) in [5.74, 6) is 0.698. The van der Waals surface area contributed by atoms with Gasteiger partial charge in [0.25, 0.3) is 0 Å². The minimum absolute atomic E-state index is 0.530. The molecule has 0 saturated carbocycles. The van der Waals surface area contributed by atoms with Gasteiger partial charge in [-0.15, -0.1) is 0 Å². The Morgan fingerprint density at radius 2 is 2.00 bits per heavy atom. The van der Waals surface area contributed by atoms with Crippen LogP contribution in [-0.2, 0) is 6.54 Å². The molecule has 1 aromatic carbocycles. The van der Waals surface area contributed by atoms with E-state index in [1.165, 1.54) is 17.5 Å². The summed E-state index contributed by atoms with van der Waals surface area (Å²) in [4.78, 5) is 0. The van der Waals surface area contributed by atoms with E-state index in [9.17, 15) is 0 Å². The third-order valence-corrected chi connectivity index (χ3v) is 3.67. The van der Waals surface area contributed by atoms with Crippen molar-refractivity contribution >= 4 is 11.6 Å². The molecule has 0 radical (unpaired) electrons. The number of benzene rings is 1. The van der Waals surface area contributed by atoms with E-state index in [2.05, 4.69) is 45.1 Å². The molecule has 1 N–H and O–H groups in total. The number of rotatable bonds is 5. The van der Waals surface area contributed by atoms with Crippen LogP contribution in [0.5, 0.6) is 0 Å². The van der Waals surface area contributed by atoms with Crippen molar-refractivity contribution in [3.05, 3.63) is 34.3 Å². The molecule has 0 amide bonds. The van der Waals surface area contributed by atoms with Crippen LogP contribution in [0.3, 0.4) is 0 Å². The van der Waals surface area contributed by atoms with Gasteiger partial charge in [-0.3, -0.25) is 0 Å². The third-order valence-electron chi connectivity index (χ3n) is 3.32. The second-order valence-electron chi connectivity index (χ2n) is 4.65. The fourth-order valence-corrected chi connectivity index (χ4v) is 1.92. The smallest absolute Gasteiger partial charge is 0.0453 e. The van der Waals surface area contributed by atoms with Crippen molar-refractivity contribution in [2.45, 2.75) is 46.7 Å². The van der Waals surface area contributed by atoms with Gasteiger partial charge in [-0.25, -0.2) is 0 Å². The van der Waals surface area contributed by atoms with Gasteiger partial charge in [-0.2, -0.15) is 0 Å². The van der Waals surface area contributed by atoms with E-state index < -0.39 is 0 Å². The molecule has 0 aliphatic heterocycles. The molecule has 0 fully saturated rings. The molecule has 0 saturated heterocycles. The van der Waals surface area contributed by atoms with E-state index >= 15 is 0 Å². The van der Waals surface area contributed by atoms with E-state index in [0.29, 0.717) is 12.0 Å². The second-order valence-corrected chi connectivity index (χ2v) is 5.06. The van der Waals surface area contributed by atoms with Gasteiger partial charge in [0.1, 0.15) is 0 Å². The van der Waals surface area contributed by atoms with Crippen molar-refractivity contribution in [1.29, 1.82) is 0 Å². The van der Waals surface area contributed by atoms with Crippen molar-refractivity contribution < 1.29 is 0 Å². The zero-order chi connectivity index (χ0) is 12.1. The molecule has 1 aromatic rings. The van der Waals surface area contributed by atoms with Crippen LogP contribution in [0.4, 0.5) is 0 Å². The Balaban J connectivity index is 2.54. The molecule has 2 unspecified atom stereocenters. The van der Waals surface area contributed by atoms with Crippen LogP contribution >= 0.6 is 11.6 Å². The van der Waals surface area contributed by atoms with Crippen molar-refractivity contribution in [1.82, 2.24) is 5.32 Å². The Morgan fingerprint density at radius 1 is 1.31 bits per heavy atom. The summed E-state index contributed by atoms with van der Waals surface area (Å²) < 4.78 is 0. The molecule has 1 rings (SSSR count). The molecular formula is C14H22ClN. The lowest BCUT2D eigenvalue weighted by Crippen LogP contribution is -2.31. The topological polar surface area (TPSA) is 12.0 Å². The molecule has 2 atom stereocenters. The van der Waals surface area contributed by atoms with Gasteiger partial charge >= 0.3 is 0 Å². The minimum Gasteiger partial charge on any atom is -0.310 e. The predicted octanol–water partition coefficient (Wildman–Crippen LogP) is 4.17. The number of hydrogen-bond acceptors (Lipinski definition) is 1. The monoisotopic (exact) mass is 239 g/mol. The number of halogens is 1. The van der Waals surface area contributed by atoms with Crippen LogP contribution in [0.2, 0.25) is 5.02 Å². The van der Waals surface area contributed by atoms with E-state index in [-0.39, 0.29) is 0 Å². The Bertz CT molecular complexity index is 336. The average molecular weight is 240 g/mol. The first-order valence-electron chi connectivity index (χ1n) is 6.03. The summed E-state index contributed by atoms with van der Waals surface area (Å²) in [5, 5.41) is 4.39. The van der Waals surface area contributed by atoms with Gasteiger partial charge in [0, 0.05) is 17.6 Å². The zero-order valence-electron chi connectivity index (χ0n) is 10.7. The van der Waals surface area contributed by atoms with Gasteiger partial charge in [-0.1, -0.05) is 44.0 Å². The Labute approximate surface area is 104 Å². The maximum atomic E-state index is 6.19. The van der Waals surface area contributed by atoms with Crippen molar-refractivity contribution in [3.63, 3.8) is 0 Å². The van der Waals surface area contributed by atoms with E-state index in [1.54, 1.807) is 0 Å². The standard InChI is InChI=1S/C14H22ClN/c1-5-11(3)12(4)16-9-13-7-6-10(2)8-14(13)15/h6-8,11-12,16H,5,9H2,1-4H3. The Kier molecular flexibility index (Phi) is 5.30. The van der Waals surface area contributed by atoms with Crippen molar-refractivity contribution in [2.24, 2.45) is 5.92 Å². The maximum absolute atomic E-state index is 6.19. The van der Waals surface area contributed by atoms with Crippen molar-refractivity contribution in [2.75, 3.05) is 0 Å². The molecule has 0 aromatic heterocycles. The van der Waals surface area contributed by atoms with Gasteiger partial charge in [0.05, 0.1) is 0 Å². The SMILES string of the molecule is CCC(C)C(C)NCc1ccc(C)cc1Cl. The summed E-state index contributed by atoms with van der Waals surface area (Å²) in [5.41, 5.74) is 2.39. The summed E-state index contributed by atoms with van der Waals surface area (Å²) >= 11 is 6.19. The highest BCUT2D eigenvalue weighted by atomic mass is 35.5. The second kappa shape index (κ2) is 6.27. The molecule has 0 aliphatic rings. The summed E-state index contributed by atoms with van der Waals surface area (Å²) in [6, 6.07) is 6.76. The summed E-state index contributed by atoms with van der Waals surface area (Å²) in [6.45, 7) is 9.64. The molecule has 90 valence electrons. The first-order chi connectivity index (χ1) is 7.54. The zero-order valence-corrected chi connectivity index (χ0v) is 11.4. The molecule has 1 nitrogen and oxygen atoms in total. The van der Waals surface area contributed by atoms with Crippen molar-refractivity contribution in [3.8, 4) is 0 Å². The lowest BCUT2D eigenvalue weighted by Gasteiger charge is -2.20. The minimum atomic E-state index is 0.530. The highest BCUT2D eigenvalue weighted by molar-refractivity contribution is 6.31. The van der Waals surface area contributed by atoms with Crippen LogP contribution in [0.25, 0.3) is 0 Å². The number of aryl methyl sites for hydroxylation is 1. The molecule has 0 aliphatic carbocycles. The first-order valence-corrected chi connectivity index (χ1v) is 6.40.